The molecule has 0 N–H and O–H groups in total. The summed E-state index contributed by atoms with van der Waals surface area (Å²) in [7, 11) is -3.56. The number of amides is 1. The summed E-state index contributed by atoms with van der Waals surface area (Å²) in [5, 5.41) is 3.43. The molecule has 228 valence electrons. The van der Waals surface area contributed by atoms with E-state index in [4.69, 9.17) is 4.74 Å². The van der Waals surface area contributed by atoms with Crippen molar-refractivity contribution in [2.75, 3.05) is 25.1 Å². The van der Waals surface area contributed by atoms with E-state index in [-0.39, 0.29) is 49.2 Å². The van der Waals surface area contributed by atoms with Crippen molar-refractivity contribution in [2.24, 2.45) is 5.16 Å². The molecular formula is C25H19F9N2O5S. The summed E-state index contributed by atoms with van der Waals surface area (Å²) < 4.78 is 152. The van der Waals surface area contributed by atoms with Crippen molar-refractivity contribution in [3.05, 3.63) is 69.8 Å². The molecule has 2 aromatic rings. The highest BCUT2D eigenvalue weighted by atomic mass is 32.2. The molecule has 3 aliphatic rings. The van der Waals surface area contributed by atoms with Gasteiger partial charge in [-0.1, -0.05) is 17.3 Å². The normalized spacial score (nSPS) is 22.0. The van der Waals surface area contributed by atoms with E-state index in [1.807, 2.05) is 0 Å². The molecule has 0 saturated carbocycles. The minimum absolute atomic E-state index is 0.0294. The molecule has 1 amide bonds. The van der Waals surface area contributed by atoms with Gasteiger partial charge in [0, 0.05) is 18.2 Å². The van der Waals surface area contributed by atoms with Crippen LogP contribution >= 0.6 is 0 Å². The molecule has 1 spiro atoms. The molecule has 42 heavy (non-hydrogen) atoms. The van der Waals surface area contributed by atoms with Crippen LogP contribution in [0.3, 0.4) is 0 Å². The Morgan fingerprint density at radius 2 is 1.55 bits per heavy atom. The van der Waals surface area contributed by atoms with E-state index in [9.17, 15) is 52.7 Å². The van der Waals surface area contributed by atoms with Crippen molar-refractivity contribution >= 4 is 21.5 Å². The first-order chi connectivity index (χ1) is 19.1. The van der Waals surface area contributed by atoms with E-state index in [0.717, 1.165) is 6.26 Å². The average molecular weight is 630 g/mol. The topological polar surface area (TPSA) is 85.3 Å². The predicted molar refractivity (Wildman–Crippen MR) is 126 cm³/mol. The fourth-order valence-corrected chi connectivity index (χ4v) is 5.83. The molecule has 0 radical (unpaired) electrons. The van der Waals surface area contributed by atoms with Gasteiger partial charge in [-0.3, -0.25) is 4.79 Å². The van der Waals surface area contributed by atoms with Gasteiger partial charge < -0.3 is 14.5 Å². The van der Waals surface area contributed by atoms with Crippen molar-refractivity contribution < 1.29 is 62.3 Å². The minimum atomic E-state index is -5.47. The maximum Gasteiger partial charge on any atom is 0.435 e. The lowest BCUT2D eigenvalue weighted by atomic mass is 9.82. The van der Waals surface area contributed by atoms with Gasteiger partial charge in [-0.15, -0.1) is 0 Å². The van der Waals surface area contributed by atoms with Gasteiger partial charge in [-0.25, -0.2) is 8.42 Å². The monoisotopic (exact) mass is 630 g/mol. The smallest absolute Gasteiger partial charge is 0.374 e. The van der Waals surface area contributed by atoms with Gasteiger partial charge in [-0.05, 0) is 41.0 Å². The third-order valence-corrected chi connectivity index (χ3v) is 8.08. The predicted octanol–water partition coefficient (Wildman–Crippen LogP) is 4.92. The summed E-state index contributed by atoms with van der Waals surface area (Å²) in [6.07, 6.45) is -16.5. The molecule has 1 atom stereocenters. The molecule has 0 aromatic heterocycles. The average Bonchev–Trinajstić information content (AvgIpc) is 3.43. The number of carbonyl (C=O) groups is 1. The Bertz CT molecular complexity index is 1560. The Balaban J connectivity index is 1.43. The number of nitrogens with zero attached hydrogens (tertiary/aromatic N) is 2. The first-order valence-corrected chi connectivity index (χ1v) is 14.0. The lowest BCUT2D eigenvalue weighted by Gasteiger charge is -2.47. The molecular weight excluding hydrogens is 611 g/mol. The molecule has 0 aliphatic carbocycles. The van der Waals surface area contributed by atoms with E-state index in [1.54, 1.807) is 0 Å². The van der Waals surface area contributed by atoms with E-state index in [2.05, 4.69) is 9.99 Å². The second-order valence-corrected chi connectivity index (χ2v) is 12.5. The highest BCUT2D eigenvalue weighted by molar-refractivity contribution is 7.91. The van der Waals surface area contributed by atoms with E-state index < -0.39 is 74.3 Å². The summed E-state index contributed by atoms with van der Waals surface area (Å²) in [4.78, 5) is 18.1. The largest absolute Gasteiger partial charge is 0.435 e. The molecule has 0 unspecified atom stereocenters. The van der Waals surface area contributed by atoms with Gasteiger partial charge in [0.05, 0.1) is 36.5 Å². The van der Waals surface area contributed by atoms with Crippen LogP contribution in [0.25, 0.3) is 0 Å². The van der Waals surface area contributed by atoms with Gasteiger partial charge in [-0.2, -0.15) is 39.5 Å². The number of hydrogen-bond donors (Lipinski definition) is 0. The van der Waals surface area contributed by atoms with Gasteiger partial charge in [0.1, 0.15) is 11.4 Å². The number of halogens is 9. The number of fused-ring (bicyclic) bond motifs is 2. The SMILES string of the molecule is CS(=O)(=O)CC(=O)N1CC2(C1)OCc1cc(C3=NO[C@](c4cc(C(F)(F)F)cc(C(F)(F)F)c4)(C(F)(F)F)C3)ccc12. The van der Waals surface area contributed by atoms with E-state index >= 15 is 0 Å². The van der Waals surface area contributed by atoms with Crippen molar-refractivity contribution in [3.63, 3.8) is 0 Å². The molecule has 3 aliphatic heterocycles. The lowest BCUT2D eigenvalue weighted by molar-refractivity contribution is -0.276. The first kappa shape index (κ1) is 30.1. The minimum Gasteiger partial charge on any atom is -0.374 e. The summed E-state index contributed by atoms with van der Waals surface area (Å²) in [5.41, 5.74) is -9.10. The standard InChI is InChI=1S/C25H19F9N2O5S/c1-42(38,39)10-20(37)36-11-21(12-36)18-3-2-13(4-14(18)9-40-21)19-8-22(41-35-19,25(32,33)34)15-5-16(23(26,27)28)7-17(6-15)24(29,30)31/h2-7H,8-12H2,1H3/t22-/m1/s1. The van der Waals surface area contributed by atoms with Crippen molar-refractivity contribution in [1.29, 1.82) is 0 Å². The Labute approximate surface area is 231 Å². The van der Waals surface area contributed by atoms with Crippen molar-refractivity contribution in [1.82, 2.24) is 4.90 Å². The zero-order valence-corrected chi connectivity index (χ0v) is 22.1. The molecule has 0 bridgehead atoms. The van der Waals surface area contributed by atoms with Crippen molar-refractivity contribution in [3.8, 4) is 0 Å². The molecule has 5 rings (SSSR count). The maximum atomic E-state index is 14.4. The quantitative estimate of drug-likeness (QED) is 0.448. The number of rotatable bonds is 4. The van der Waals surface area contributed by atoms with Gasteiger partial charge in [0.15, 0.2) is 9.84 Å². The number of ether oxygens (including phenoxy) is 1. The van der Waals surface area contributed by atoms with Crippen LogP contribution in [0.5, 0.6) is 0 Å². The zero-order chi connectivity index (χ0) is 31.1. The first-order valence-electron chi connectivity index (χ1n) is 12.0. The Morgan fingerprint density at radius 3 is 2.07 bits per heavy atom. The van der Waals surface area contributed by atoms with Crippen LogP contribution < -0.4 is 0 Å². The number of sulfone groups is 1. The molecule has 1 saturated heterocycles. The Hall–Kier alpha value is -3.34. The fourth-order valence-electron chi connectivity index (χ4n) is 5.20. The molecule has 3 heterocycles. The van der Waals surface area contributed by atoms with Crippen LogP contribution in [0.1, 0.15) is 39.8 Å². The summed E-state index contributed by atoms with van der Waals surface area (Å²) >= 11 is 0. The Kier molecular flexibility index (Phi) is 6.69. The second-order valence-electron chi connectivity index (χ2n) is 10.4. The third kappa shape index (κ3) is 5.20. The number of oxime groups is 1. The van der Waals surface area contributed by atoms with Crippen LogP contribution in [0.2, 0.25) is 0 Å². The van der Waals surface area contributed by atoms with Crippen LogP contribution in [0, 0.1) is 0 Å². The van der Waals surface area contributed by atoms with Gasteiger partial charge >= 0.3 is 18.5 Å². The highest BCUT2D eigenvalue weighted by Gasteiger charge is 2.63. The number of hydrogen-bond acceptors (Lipinski definition) is 6. The molecule has 17 heteroatoms. The molecule has 7 nitrogen and oxygen atoms in total. The van der Waals surface area contributed by atoms with Crippen LogP contribution in [-0.2, 0) is 54.4 Å². The van der Waals surface area contributed by atoms with Crippen molar-refractivity contribution in [2.45, 2.75) is 42.8 Å². The van der Waals surface area contributed by atoms with E-state index in [1.165, 1.54) is 23.1 Å². The molecule has 2 aromatic carbocycles. The third-order valence-electron chi connectivity index (χ3n) is 7.30. The lowest BCUT2D eigenvalue weighted by Crippen LogP contribution is -2.62. The number of alkyl halides is 9. The van der Waals surface area contributed by atoms with E-state index in [0.29, 0.717) is 11.1 Å². The number of benzene rings is 2. The summed E-state index contributed by atoms with van der Waals surface area (Å²) in [6.45, 7) is 0.0382. The fraction of sp³-hybridized carbons (Fsp3) is 0.440. The summed E-state index contributed by atoms with van der Waals surface area (Å²) in [6, 6.07) is 3.91. The molecule has 1 fully saturated rings. The van der Waals surface area contributed by atoms with Crippen LogP contribution in [0.4, 0.5) is 39.5 Å². The summed E-state index contributed by atoms with van der Waals surface area (Å²) in [5.74, 6) is -1.31. The number of carbonyl (C=O) groups excluding carboxylic acids is 1. The maximum absolute atomic E-state index is 14.4. The Morgan fingerprint density at radius 1 is 0.952 bits per heavy atom. The second kappa shape index (κ2) is 9.33. The van der Waals surface area contributed by atoms with Crippen LogP contribution in [-0.4, -0.2) is 56.2 Å². The number of likely N-dealkylation sites (tertiary alicyclic amines) is 1. The van der Waals surface area contributed by atoms with Gasteiger partial charge in [0.25, 0.3) is 5.60 Å². The highest BCUT2D eigenvalue weighted by Crippen LogP contribution is 2.51. The zero-order valence-electron chi connectivity index (χ0n) is 21.2. The van der Waals surface area contributed by atoms with Gasteiger partial charge in [0.2, 0.25) is 5.91 Å². The van der Waals surface area contributed by atoms with Crippen LogP contribution in [0.15, 0.2) is 41.6 Å².